The van der Waals surface area contributed by atoms with Gasteiger partial charge in [-0.15, -0.1) is 0 Å². The minimum absolute atomic E-state index is 0.0150. The van der Waals surface area contributed by atoms with Crippen LogP contribution in [0.3, 0.4) is 0 Å². The van der Waals surface area contributed by atoms with Gasteiger partial charge in [0.15, 0.2) is 0 Å². The quantitative estimate of drug-likeness (QED) is 0.805. The molecule has 2 aromatic carbocycles. The highest BCUT2D eigenvalue weighted by molar-refractivity contribution is 5.74. The predicted molar refractivity (Wildman–Crippen MR) is 112 cm³/mol. The number of aliphatic hydroxyl groups excluding tert-OH is 1. The summed E-state index contributed by atoms with van der Waals surface area (Å²) in [6.07, 6.45) is 3.71. The van der Waals surface area contributed by atoms with Gasteiger partial charge >= 0.3 is 0 Å². The maximum absolute atomic E-state index is 9.95. The van der Waals surface area contributed by atoms with Crippen molar-refractivity contribution in [2.75, 3.05) is 32.8 Å². The van der Waals surface area contributed by atoms with E-state index in [1.54, 1.807) is 0 Å². The van der Waals surface area contributed by atoms with Crippen molar-refractivity contribution in [2.45, 2.75) is 32.3 Å². The third-order valence-electron chi connectivity index (χ3n) is 5.81. The number of hydrogen-bond acceptors (Lipinski definition) is 4. The molecule has 0 aromatic heterocycles. The van der Waals surface area contributed by atoms with Gasteiger partial charge in [-0.3, -0.25) is 4.90 Å². The number of allylic oxidation sites excluding steroid dienone is 1. The van der Waals surface area contributed by atoms with Crippen LogP contribution in [0, 0.1) is 0 Å². The number of benzene rings is 2. The molecule has 1 saturated heterocycles. The molecule has 2 aromatic rings. The minimum atomic E-state index is -0.262. The van der Waals surface area contributed by atoms with E-state index in [1.807, 2.05) is 48.5 Å². The van der Waals surface area contributed by atoms with E-state index in [0.717, 1.165) is 40.3 Å². The Kier molecular flexibility index (Phi) is 5.98. The van der Waals surface area contributed by atoms with Crippen LogP contribution in [0.5, 0.6) is 11.5 Å². The highest BCUT2D eigenvalue weighted by atomic mass is 16.5. The third-order valence-corrected chi connectivity index (χ3v) is 5.81. The lowest BCUT2D eigenvalue weighted by Crippen LogP contribution is -2.33. The molecular formula is C24H29NO3. The molecule has 4 heteroatoms. The first-order valence-electron chi connectivity index (χ1n) is 10.3. The molecule has 0 bridgehead atoms. The summed E-state index contributed by atoms with van der Waals surface area (Å²) in [7, 11) is 0. The molecule has 1 unspecified atom stereocenters. The Balaban J connectivity index is 1.42. The number of fused-ring (bicyclic) bond motifs is 1. The van der Waals surface area contributed by atoms with Crippen LogP contribution in [0.25, 0.3) is 5.57 Å². The molecule has 28 heavy (non-hydrogen) atoms. The number of hydrogen-bond donors (Lipinski definition) is 1. The van der Waals surface area contributed by atoms with Gasteiger partial charge in [-0.05, 0) is 62.2 Å². The molecule has 2 aliphatic heterocycles. The second kappa shape index (κ2) is 8.80. The Morgan fingerprint density at radius 2 is 1.79 bits per heavy atom. The van der Waals surface area contributed by atoms with Crippen LogP contribution in [0.15, 0.2) is 54.1 Å². The van der Waals surface area contributed by atoms with Gasteiger partial charge < -0.3 is 14.6 Å². The van der Waals surface area contributed by atoms with Crippen LogP contribution >= 0.6 is 0 Å². The van der Waals surface area contributed by atoms with E-state index in [0.29, 0.717) is 6.61 Å². The average molecular weight is 380 g/mol. The lowest BCUT2D eigenvalue weighted by Gasteiger charge is -2.30. The lowest BCUT2D eigenvalue weighted by atomic mass is 9.91. The Bertz CT molecular complexity index is 822. The second-order valence-electron chi connectivity index (χ2n) is 7.62. The molecule has 0 radical (unpaired) electrons. The maximum atomic E-state index is 9.95. The van der Waals surface area contributed by atoms with Gasteiger partial charge in [0.25, 0.3) is 0 Å². The molecule has 4 nitrogen and oxygen atoms in total. The summed E-state index contributed by atoms with van der Waals surface area (Å²) < 4.78 is 12.2. The van der Waals surface area contributed by atoms with E-state index in [-0.39, 0.29) is 12.7 Å². The molecule has 1 atom stereocenters. The highest BCUT2D eigenvalue weighted by Gasteiger charge is 2.27. The van der Waals surface area contributed by atoms with Gasteiger partial charge in [-0.25, -0.2) is 0 Å². The summed E-state index contributed by atoms with van der Waals surface area (Å²) in [5.41, 5.74) is 4.09. The standard InChI is InChI=1S/C24H29NO3/c1-18-21-7-3-4-8-23(21)28-24(22(18)17-26)19-9-11-20(12-10-19)27-16-15-25-13-5-2-6-14-25/h3-4,7-12,24,26H,2,5-6,13-17H2,1H3. The van der Waals surface area contributed by atoms with Crippen molar-refractivity contribution in [2.24, 2.45) is 0 Å². The van der Waals surface area contributed by atoms with Crippen LogP contribution in [-0.4, -0.2) is 42.9 Å². The van der Waals surface area contributed by atoms with Crippen LogP contribution in [0.1, 0.15) is 43.4 Å². The van der Waals surface area contributed by atoms with E-state index in [1.165, 1.54) is 32.4 Å². The molecular weight excluding hydrogens is 350 g/mol. The van der Waals surface area contributed by atoms with Crippen molar-refractivity contribution in [3.05, 3.63) is 65.2 Å². The maximum Gasteiger partial charge on any atom is 0.148 e. The fourth-order valence-electron chi connectivity index (χ4n) is 4.13. The Hall–Kier alpha value is -2.30. The topological polar surface area (TPSA) is 41.9 Å². The summed E-state index contributed by atoms with van der Waals surface area (Å²) >= 11 is 0. The first-order chi connectivity index (χ1) is 13.8. The monoisotopic (exact) mass is 379 g/mol. The van der Waals surface area contributed by atoms with E-state index >= 15 is 0 Å². The molecule has 0 spiro atoms. The van der Waals surface area contributed by atoms with Crippen LogP contribution in [-0.2, 0) is 0 Å². The molecule has 4 rings (SSSR count). The Labute approximate surface area is 167 Å². The van der Waals surface area contributed by atoms with Gasteiger partial charge in [0.1, 0.15) is 24.2 Å². The molecule has 0 saturated carbocycles. The van der Waals surface area contributed by atoms with Crippen molar-refractivity contribution < 1.29 is 14.6 Å². The molecule has 2 heterocycles. The van der Waals surface area contributed by atoms with E-state index in [9.17, 15) is 5.11 Å². The first-order valence-corrected chi connectivity index (χ1v) is 10.3. The fourth-order valence-corrected chi connectivity index (χ4v) is 4.13. The Morgan fingerprint density at radius 1 is 1.04 bits per heavy atom. The summed E-state index contributed by atoms with van der Waals surface area (Å²) in [5, 5.41) is 9.95. The normalized spacial score (nSPS) is 19.9. The smallest absolute Gasteiger partial charge is 0.148 e. The zero-order valence-corrected chi connectivity index (χ0v) is 16.6. The number of nitrogens with zero attached hydrogens (tertiary/aromatic N) is 1. The zero-order valence-electron chi connectivity index (χ0n) is 16.6. The van der Waals surface area contributed by atoms with Crippen LogP contribution in [0.4, 0.5) is 0 Å². The predicted octanol–water partition coefficient (Wildman–Crippen LogP) is 4.45. The number of para-hydroxylation sites is 1. The van der Waals surface area contributed by atoms with Crippen LogP contribution in [0.2, 0.25) is 0 Å². The Morgan fingerprint density at radius 3 is 2.54 bits per heavy atom. The first kappa shape index (κ1) is 19.0. The largest absolute Gasteiger partial charge is 0.492 e. The second-order valence-corrected chi connectivity index (χ2v) is 7.62. The zero-order chi connectivity index (χ0) is 19.3. The number of rotatable bonds is 6. The minimum Gasteiger partial charge on any atom is -0.492 e. The van der Waals surface area contributed by atoms with Crippen molar-refractivity contribution >= 4 is 5.57 Å². The lowest BCUT2D eigenvalue weighted by molar-refractivity contribution is 0.183. The number of piperidine rings is 1. The van der Waals surface area contributed by atoms with Crippen molar-refractivity contribution in [3.8, 4) is 11.5 Å². The molecule has 0 aliphatic carbocycles. The van der Waals surface area contributed by atoms with Gasteiger partial charge in [0.05, 0.1) is 6.61 Å². The van der Waals surface area contributed by atoms with Crippen molar-refractivity contribution in [1.29, 1.82) is 0 Å². The van der Waals surface area contributed by atoms with Crippen molar-refractivity contribution in [1.82, 2.24) is 4.90 Å². The SMILES string of the molecule is CC1=C(CO)C(c2ccc(OCCN3CCCCC3)cc2)Oc2ccccc21. The summed E-state index contributed by atoms with van der Waals surface area (Å²) in [6.45, 7) is 6.13. The number of aliphatic hydroxyl groups is 1. The molecule has 2 aliphatic rings. The third kappa shape index (κ3) is 4.08. The van der Waals surface area contributed by atoms with E-state index in [4.69, 9.17) is 9.47 Å². The molecule has 0 amide bonds. The van der Waals surface area contributed by atoms with E-state index < -0.39 is 0 Å². The summed E-state index contributed by atoms with van der Waals surface area (Å²) in [4.78, 5) is 2.48. The van der Waals surface area contributed by atoms with Gasteiger partial charge in [-0.1, -0.05) is 36.8 Å². The average Bonchev–Trinajstić information content (AvgIpc) is 2.75. The molecule has 1 fully saturated rings. The fraction of sp³-hybridized carbons (Fsp3) is 0.417. The van der Waals surface area contributed by atoms with Gasteiger partial charge in [-0.2, -0.15) is 0 Å². The highest BCUT2D eigenvalue weighted by Crippen LogP contribution is 2.41. The summed E-state index contributed by atoms with van der Waals surface area (Å²) in [5.74, 6) is 1.74. The van der Waals surface area contributed by atoms with E-state index in [2.05, 4.69) is 11.8 Å². The molecule has 1 N–H and O–H groups in total. The van der Waals surface area contributed by atoms with Crippen molar-refractivity contribution in [3.63, 3.8) is 0 Å². The van der Waals surface area contributed by atoms with Gasteiger partial charge in [0.2, 0.25) is 0 Å². The molecule has 148 valence electrons. The van der Waals surface area contributed by atoms with Gasteiger partial charge in [0, 0.05) is 17.7 Å². The number of ether oxygens (including phenoxy) is 2. The number of likely N-dealkylation sites (tertiary alicyclic amines) is 1. The summed E-state index contributed by atoms with van der Waals surface area (Å²) in [6, 6.07) is 16.1. The van der Waals surface area contributed by atoms with Crippen LogP contribution < -0.4 is 9.47 Å².